The topological polar surface area (TPSA) is 29.5 Å². The van der Waals surface area contributed by atoms with Gasteiger partial charge < -0.3 is 13.7 Å². The first-order chi connectivity index (χ1) is 28.7. The highest BCUT2D eigenvalue weighted by Gasteiger charge is 2.19. The molecule has 0 aliphatic rings. The highest BCUT2D eigenvalue weighted by atomic mass is 32.1. The zero-order valence-electron chi connectivity index (χ0n) is 31.2. The number of fused-ring (bicyclic) bond motifs is 9. The van der Waals surface area contributed by atoms with Gasteiger partial charge in [0.25, 0.3) is 0 Å². The molecule has 0 N–H and O–H groups in total. The van der Waals surface area contributed by atoms with Crippen LogP contribution in [0.25, 0.3) is 97.4 Å². The van der Waals surface area contributed by atoms with Crippen LogP contribution in [0.2, 0.25) is 0 Å². The number of benzene rings is 9. The molecule has 0 aliphatic carbocycles. The van der Waals surface area contributed by atoms with Crippen LogP contribution in [0.3, 0.4) is 0 Å². The predicted octanol–water partition coefficient (Wildman–Crippen LogP) is 16.3. The van der Waals surface area contributed by atoms with Crippen molar-refractivity contribution in [3.8, 4) is 33.4 Å². The van der Waals surface area contributed by atoms with E-state index < -0.39 is 0 Å². The summed E-state index contributed by atoms with van der Waals surface area (Å²) in [5, 5.41) is 7.10. The van der Waals surface area contributed by atoms with Crippen LogP contribution in [0.1, 0.15) is 0 Å². The summed E-state index contributed by atoms with van der Waals surface area (Å²) in [5.41, 5.74) is 13.5. The van der Waals surface area contributed by atoms with Gasteiger partial charge in [-0.2, -0.15) is 0 Å². The van der Waals surface area contributed by atoms with Crippen molar-refractivity contribution in [2.24, 2.45) is 0 Å². The van der Waals surface area contributed by atoms with Gasteiger partial charge >= 0.3 is 0 Å². The van der Waals surface area contributed by atoms with E-state index >= 15 is 0 Å². The molecule has 3 nitrogen and oxygen atoms in total. The minimum Gasteiger partial charge on any atom is -0.455 e. The maximum absolute atomic E-state index is 6.51. The van der Waals surface area contributed by atoms with Crippen molar-refractivity contribution in [3.05, 3.63) is 200 Å². The lowest BCUT2D eigenvalue weighted by molar-refractivity contribution is 0.669. The number of nitrogens with zero attached hydrogens (tertiary/aromatic N) is 1. The molecule has 0 bridgehead atoms. The highest BCUT2D eigenvalue weighted by molar-refractivity contribution is 7.26. The van der Waals surface area contributed by atoms with E-state index in [1.165, 1.54) is 31.3 Å². The van der Waals surface area contributed by atoms with Gasteiger partial charge in [0.2, 0.25) is 0 Å². The normalized spacial score (nSPS) is 11.8. The molecule has 3 aromatic heterocycles. The van der Waals surface area contributed by atoms with E-state index in [-0.39, 0.29) is 0 Å². The Bertz CT molecular complexity index is 3380. The minimum atomic E-state index is 0.894. The van der Waals surface area contributed by atoms with Crippen LogP contribution in [0.5, 0.6) is 0 Å². The Kier molecular flexibility index (Phi) is 7.40. The second-order valence-corrected chi connectivity index (χ2v) is 15.9. The van der Waals surface area contributed by atoms with Gasteiger partial charge in [-0.05, 0) is 76.9 Å². The molecule has 0 amide bonds. The SMILES string of the molecule is c1cc(-c2cccc3c2oc2ccccc23)cc(N(c2ccc(-c3cccc4c3sc3ccccc34)cc2)c2cccc(-c3cccc4c3oc3ccccc34)c2)c1. The summed E-state index contributed by atoms with van der Waals surface area (Å²) in [4.78, 5) is 2.36. The monoisotopic (exact) mass is 759 g/mol. The van der Waals surface area contributed by atoms with Crippen LogP contribution in [0, 0.1) is 0 Å². The molecule has 12 aromatic rings. The first kappa shape index (κ1) is 32.8. The molecule has 0 unspecified atom stereocenters. The Morgan fingerprint density at radius 3 is 1.41 bits per heavy atom. The van der Waals surface area contributed by atoms with E-state index in [1.54, 1.807) is 0 Å². The average molecular weight is 760 g/mol. The molecule has 0 aliphatic heterocycles. The Balaban J connectivity index is 1.02. The van der Waals surface area contributed by atoms with Crippen molar-refractivity contribution in [2.75, 3.05) is 4.90 Å². The minimum absolute atomic E-state index is 0.894. The summed E-state index contributed by atoms with van der Waals surface area (Å²) in [6, 6.07) is 71.4. The molecular formula is C54H33NO2S. The van der Waals surface area contributed by atoms with Crippen molar-refractivity contribution in [1.29, 1.82) is 0 Å². The first-order valence-electron chi connectivity index (χ1n) is 19.6. The third kappa shape index (κ3) is 5.19. The van der Waals surface area contributed by atoms with E-state index in [9.17, 15) is 0 Å². The second kappa shape index (κ2) is 13.1. The first-order valence-corrected chi connectivity index (χ1v) is 20.4. The van der Waals surface area contributed by atoms with E-state index in [4.69, 9.17) is 8.83 Å². The lowest BCUT2D eigenvalue weighted by Gasteiger charge is -2.27. The smallest absolute Gasteiger partial charge is 0.143 e. The van der Waals surface area contributed by atoms with Gasteiger partial charge in [0.15, 0.2) is 0 Å². The Hall–Kier alpha value is -7.40. The lowest BCUT2D eigenvalue weighted by Crippen LogP contribution is -2.10. The predicted molar refractivity (Wildman–Crippen MR) is 245 cm³/mol. The van der Waals surface area contributed by atoms with Crippen LogP contribution >= 0.6 is 11.3 Å². The molecule has 9 aromatic carbocycles. The number of rotatable bonds is 6. The summed E-state index contributed by atoms with van der Waals surface area (Å²) < 4.78 is 15.6. The molecule has 0 saturated carbocycles. The maximum atomic E-state index is 6.51. The summed E-state index contributed by atoms with van der Waals surface area (Å²) in [5.74, 6) is 0. The van der Waals surface area contributed by atoms with E-state index in [0.29, 0.717) is 0 Å². The molecule has 0 spiro atoms. The van der Waals surface area contributed by atoms with Crippen molar-refractivity contribution in [2.45, 2.75) is 0 Å². The zero-order valence-corrected chi connectivity index (χ0v) is 32.0. The van der Waals surface area contributed by atoms with Gasteiger partial charge in [0, 0.05) is 69.9 Å². The molecule has 0 atom stereocenters. The number of hydrogen-bond donors (Lipinski definition) is 0. The van der Waals surface area contributed by atoms with Crippen molar-refractivity contribution < 1.29 is 8.83 Å². The third-order valence-electron chi connectivity index (χ3n) is 11.5. The molecule has 58 heavy (non-hydrogen) atoms. The standard InChI is InChI=1S/C54H33NO2S/c1-4-25-49-43(16-1)46-22-9-19-40(52(46)56-49)35-12-7-14-38(32-35)55(37-30-28-34(29-31-37)42-21-11-24-48-45-18-3-6-27-51(45)58-54(42)48)39-15-8-13-36(33-39)41-20-10-23-47-44-17-2-5-26-50(44)57-53(41)47/h1-33H. The van der Waals surface area contributed by atoms with Gasteiger partial charge in [0.1, 0.15) is 22.3 Å². The molecular weight excluding hydrogens is 727 g/mol. The van der Waals surface area contributed by atoms with Crippen molar-refractivity contribution >= 4 is 92.4 Å². The van der Waals surface area contributed by atoms with Crippen molar-refractivity contribution in [3.63, 3.8) is 0 Å². The Morgan fingerprint density at radius 2 is 0.810 bits per heavy atom. The Morgan fingerprint density at radius 1 is 0.328 bits per heavy atom. The van der Waals surface area contributed by atoms with Gasteiger partial charge in [0.05, 0.1) is 0 Å². The summed E-state index contributed by atoms with van der Waals surface area (Å²) in [6.07, 6.45) is 0. The summed E-state index contributed by atoms with van der Waals surface area (Å²) in [7, 11) is 0. The average Bonchev–Trinajstić information content (AvgIpc) is 3.99. The molecule has 4 heteroatoms. The quantitative estimate of drug-likeness (QED) is 0.169. The number of furan rings is 2. The van der Waals surface area contributed by atoms with Gasteiger partial charge in [-0.1, -0.05) is 146 Å². The van der Waals surface area contributed by atoms with Crippen LogP contribution < -0.4 is 4.90 Å². The third-order valence-corrected chi connectivity index (χ3v) is 12.7. The lowest BCUT2D eigenvalue weighted by atomic mass is 9.99. The fourth-order valence-electron chi connectivity index (χ4n) is 8.79. The Labute approximate surface area is 338 Å². The van der Waals surface area contributed by atoms with E-state index in [0.717, 1.165) is 83.2 Å². The summed E-state index contributed by atoms with van der Waals surface area (Å²) >= 11 is 1.86. The fourth-order valence-corrected chi connectivity index (χ4v) is 10.0. The largest absolute Gasteiger partial charge is 0.455 e. The molecule has 0 radical (unpaired) electrons. The fraction of sp³-hybridized carbons (Fsp3) is 0. The molecule has 272 valence electrons. The summed E-state index contributed by atoms with van der Waals surface area (Å²) in [6.45, 7) is 0. The number of thiophene rings is 1. The van der Waals surface area contributed by atoms with Crippen LogP contribution in [-0.2, 0) is 0 Å². The number of hydrogen-bond acceptors (Lipinski definition) is 4. The van der Waals surface area contributed by atoms with Gasteiger partial charge in [-0.25, -0.2) is 0 Å². The van der Waals surface area contributed by atoms with Gasteiger partial charge in [-0.3, -0.25) is 0 Å². The molecule has 0 fully saturated rings. The van der Waals surface area contributed by atoms with Crippen LogP contribution in [-0.4, -0.2) is 0 Å². The van der Waals surface area contributed by atoms with Crippen LogP contribution in [0.4, 0.5) is 17.1 Å². The molecule has 3 heterocycles. The van der Waals surface area contributed by atoms with Gasteiger partial charge in [-0.15, -0.1) is 11.3 Å². The highest BCUT2D eigenvalue weighted by Crippen LogP contribution is 2.44. The zero-order chi connectivity index (χ0) is 38.2. The van der Waals surface area contributed by atoms with E-state index in [2.05, 4.69) is 181 Å². The second-order valence-electron chi connectivity index (χ2n) is 14.8. The van der Waals surface area contributed by atoms with E-state index in [1.807, 2.05) is 35.6 Å². The van der Waals surface area contributed by atoms with Crippen molar-refractivity contribution in [1.82, 2.24) is 0 Å². The number of para-hydroxylation sites is 4. The maximum Gasteiger partial charge on any atom is 0.143 e. The number of anilines is 3. The molecule has 12 rings (SSSR count). The van der Waals surface area contributed by atoms with Crippen LogP contribution in [0.15, 0.2) is 209 Å². The molecule has 0 saturated heterocycles.